The lowest BCUT2D eigenvalue weighted by Gasteiger charge is -2.34. The minimum absolute atomic E-state index is 0.152. The quantitative estimate of drug-likeness (QED) is 0.568. The first-order valence-corrected chi connectivity index (χ1v) is 7.03. The summed E-state index contributed by atoms with van der Waals surface area (Å²) in [6.07, 6.45) is -0.304. The van der Waals surface area contributed by atoms with E-state index in [1.165, 1.54) is 11.0 Å². The van der Waals surface area contributed by atoms with E-state index in [0.717, 1.165) is 0 Å². The number of amides is 3. The molecule has 1 heterocycles. The number of nitrogens with zero attached hydrogens (tertiary/aromatic N) is 1. The van der Waals surface area contributed by atoms with Crippen molar-refractivity contribution in [1.82, 2.24) is 10.2 Å². The third-order valence-electron chi connectivity index (χ3n) is 3.33. The van der Waals surface area contributed by atoms with Gasteiger partial charge in [-0.3, -0.25) is 19.7 Å². The van der Waals surface area contributed by atoms with Crippen LogP contribution in [0.4, 0.5) is 5.69 Å². The lowest BCUT2D eigenvalue weighted by Crippen LogP contribution is -2.53. The zero-order valence-corrected chi connectivity index (χ0v) is 12.5. The molecule has 118 valence electrons. The van der Waals surface area contributed by atoms with Crippen molar-refractivity contribution >= 4 is 23.4 Å². The number of morpholine rings is 1. The molecule has 1 fully saturated rings. The Morgan fingerprint density at radius 3 is 2.36 bits per heavy atom. The average Bonchev–Trinajstić information content (AvgIpc) is 2.45. The summed E-state index contributed by atoms with van der Waals surface area (Å²) in [6, 6.07) is 6.34. The molecule has 2 atom stereocenters. The first-order chi connectivity index (χ1) is 10.4. The van der Waals surface area contributed by atoms with Crippen molar-refractivity contribution in [3.8, 4) is 0 Å². The van der Waals surface area contributed by atoms with E-state index in [4.69, 9.17) is 10.5 Å². The SMILES string of the molecule is CC1CN(C(=O)C(=O)NC(=O)c2ccccc2N)CC(C)O1. The van der Waals surface area contributed by atoms with Gasteiger partial charge in [0.25, 0.3) is 5.91 Å². The standard InChI is InChI=1S/C15H19N3O4/c1-9-7-18(8-10(2)22-9)15(21)14(20)17-13(19)11-5-3-4-6-12(11)16/h3-6,9-10H,7-8,16H2,1-2H3,(H,17,19,20). The van der Waals surface area contributed by atoms with E-state index in [0.29, 0.717) is 13.1 Å². The van der Waals surface area contributed by atoms with E-state index in [1.807, 2.05) is 13.8 Å². The topological polar surface area (TPSA) is 102 Å². The van der Waals surface area contributed by atoms with E-state index in [1.54, 1.807) is 18.2 Å². The van der Waals surface area contributed by atoms with Crippen LogP contribution in [-0.4, -0.2) is 47.9 Å². The number of nitrogens with two attached hydrogens (primary N) is 1. The third-order valence-corrected chi connectivity index (χ3v) is 3.33. The minimum Gasteiger partial charge on any atom is -0.398 e. The molecule has 0 aromatic heterocycles. The highest BCUT2D eigenvalue weighted by atomic mass is 16.5. The van der Waals surface area contributed by atoms with Gasteiger partial charge in [0.15, 0.2) is 0 Å². The smallest absolute Gasteiger partial charge is 0.316 e. The second-order valence-electron chi connectivity index (χ2n) is 5.34. The Morgan fingerprint density at radius 1 is 1.18 bits per heavy atom. The molecular weight excluding hydrogens is 286 g/mol. The van der Waals surface area contributed by atoms with E-state index in [-0.39, 0.29) is 23.5 Å². The summed E-state index contributed by atoms with van der Waals surface area (Å²) in [5.41, 5.74) is 6.07. The van der Waals surface area contributed by atoms with Gasteiger partial charge in [0.2, 0.25) is 0 Å². The van der Waals surface area contributed by atoms with Gasteiger partial charge in [0.1, 0.15) is 0 Å². The number of hydrogen-bond donors (Lipinski definition) is 2. The van der Waals surface area contributed by atoms with Gasteiger partial charge in [0, 0.05) is 18.8 Å². The predicted molar refractivity (Wildman–Crippen MR) is 79.9 cm³/mol. The Balaban J connectivity index is 2.01. The van der Waals surface area contributed by atoms with Crippen molar-refractivity contribution in [2.75, 3.05) is 18.8 Å². The molecule has 0 radical (unpaired) electrons. The highest BCUT2D eigenvalue weighted by Crippen LogP contribution is 2.12. The highest BCUT2D eigenvalue weighted by molar-refractivity contribution is 6.38. The van der Waals surface area contributed by atoms with Crippen LogP contribution in [-0.2, 0) is 14.3 Å². The fourth-order valence-electron chi connectivity index (χ4n) is 2.42. The summed E-state index contributed by atoms with van der Waals surface area (Å²) < 4.78 is 5.50. The Hall–Kier alpha value is -2.41. The number of hydrogen-bond acceptors (Lipinski definition) is 5. The third kappa shape index (κ3) is 3.62. The molecule has 1 aliphatic rings. The number of ether oxygens (including phenoxy) is 1. The lowest BCUT2D eigenvalue weighted by atomic mass is 10.1. The lowest BCUT2D eigenvalue weighted by molar-refractivity contribution is -0.152. The number of rotatable bonds is 1. The number of nitrogen functional groups attached to an aromatic ring is 1. The molecule has 22 heavy (non-hydrogen) atoms. The molecule has 2 unspecified atom stereocenters. The number of para-hydroxylation sites is 1. The molecule has 3 N–H and O–H groups in total. The summed E-state index contributed by atoms with van der Waals surface area (Å²) in [4.78, 5) is 37.4. The van der Waals surface area contributed by atoms with Crippen molar-refractivity contribution in [1.29, 1.82) is 0 Å². The van der Waals surface area contributed by atoms with Gasteiger partial charge in [-0.25, -0.2) is 0 Å². The first kappa shape index (κ1) is 16.0. The Bertz CT molecular complexity index is 592. The van der Waals surface area contributed by atoms with Gasteiger partial charge < -0.3 is 15.4 Å². The number of carbonyl (C=O) groups excluding carboxylic acids is 3. The molecule has 1 aromatic rings. The van der Waals surface area contributed by atoms with Crippen molar-refractivity contribution in [2.45, 2.75) is 26.1 Å². The molecule has 2 rings (SSSR count). The Labute approximate surface area is 128 Å². The van der Waals surface area contributed by atoms with Crippen LogP contribution in [0.5, 0.6) is 0 Å². The van der Waals surface area contributed by atoms with Crippen LogP contribution in [0.2, 0.25) is 0 Å². The fraction of sp³-hybridized carbons (Fsp3) is 0.400. The van der Waals surface area contributed by atoms with E-state index >= 15 is 0 Å². The molecular formula is C15H19N3O4. The molecule has 0 bridgehead atoms. The van der Waals surface area contributed by atoms with Crippen molar-refractivity contribution in [3.05, 3.63) is 29.8 Å². The van der Waals surface area contributed by atoms with Crippen LogP contribution in [0.3, 0.4) is 0 Å². The number of nitrogens with one attached hydrogen (secondary N) is 1. The van der Waals surface area contributed by atoms with Gasteiger partial charge in [-0.1, -0.05) is 12.1 Å². The summed E-state index contributed by atoms with van der Waals surface area (Å²) in [5.74, 6) is -2.40. The van der Waals surface area contributed by atoms with E-state index < -0.39 is 17.7 Å². The van der Waals surface area contributed by atoms with Gasteiger partial charge in [-0.05, 0) is 26.0 Å². The Morgan fingerprint density at radius 2 is 1.77 bits per heavy atom. The number of imide groups is 1. The van der Waals surface area contributed by atoms with Crippen LogP contribution in [0, 0.1) is 0 Å². The summed E-state index contributed by atoms with van der Waals surface area (Å²) >= 11 is 0. The van der Waals surface area contributed by atoms with Gasteiger partial charge >= 0.3 is 11.8 Å². The number of carbonyl (C=O) groups is 3. The minimum atomic E-state index is -0.963. The first-order valence-electron chi connectivity index (χ1n) is 7.03. The van der Waals surface area contributed by atoms with Crippen LogP contribution < -0.4 is 11.1 Å². The van der Waals surface area contributed by atoms with Gasteiger partial charge in [-0.2, -0.15) is 0 Å². The molecule has 3 amide bonds. The zero-order chi connectivity index (χ0) is 16.3. The maximum absolute atomic E-state index is 12.1. The molecule has 1 saturated heterocycles. The van der Waals surface area contributed by atoms with Crippen LogP contribution in [0.25, 0.3) is 0 Å². The number of anilines is 1. The molecule has 0 spiro atoms. The van der Waals surface area contributed by atoms with Crippen LogP contribution in [0.15, 0.2) is 24.3 Å². The molecule has 7 nitrogen and oxygen atoms in total. The predicted octanol–water partition coefficient (Wildman–Crippen LogP) is 0.161. The molecule has 7 heteroatoms. The van der Waals surface area contributed by atoms with Gasteiger partial charge in [0.05, 0.1) is 17.8 Å². The maximum Gasteiger partial charge on any atom is 0.316 e. The summed E-state index contributed by atoms with van der Waals surface area (Å²) in [7, 11) is 0. The molecule has 1 aliphatic heterocycles. The van der Waals surface area contributed by atoms with Crippen LogP contribution >= 0.6 is 0 Å². The largest absolute Gasteiger partial charge is 0.398 e. The monoisotopic (exact) mass is 305 g/mol. The van der Waals surface area contributed by atoms with Crippen molar-refractivity contribution in [3.63, 3.8) is 0 Å². The molecule has 1 aromatic carbocycles. The van der Waals surface area contributed by atoms with E-state index in [2.05, 4.69) is 5.32 Å². The van der Waals surface area contributed by atoms with Gasteiger partial charge in [-0.15, -0.1) is 0 Å². The second kappa shape index (κ2) is 6.57. The summed E-state index contributed by atoms with van der Waals surface area (Å²) in [5, 5.41) is 2.07. The van der Waals surface area contributed by atoms with Crippen molar-refractivity contribution in [2.24, 2.45) is 0 Å². The molecule has 0 saturated carbocycles. The average molecular weight is 305 g/mol. The van der Waals surface area contributed by atoms with Crippen molar-refractivity contribution < 1.29 is 19.1 Å². The number of benzene rings is 1. The maximum atomic E-state index is 12.1. The second-order valence-corrected chi connectivity index (χ2v) is 5.34. The normalized spacial score (nSPS) is 21.3. The molecule has 0 aliphatic carbocycles. The van der Waals surface area contributed by atoms with E-state index in [9.17, 15) is 14.4 Å². The fourth-order valence-corrected chi connectivity index (χ4v) is 2.42. The highest BCUT2D eigenvalue weighted by Gasteiger charge is 2.30. The van der Waals surface area contributed by atoms with Crippen LogP contribution in [0.1, 0.15) is 24.2 Å². The zero-order valence-electron chi connectivity index (χ0n) is 12.5. The summed E-state index contributed by atoms with van der Waals surface area (Å²) in [6.45, 7) is 4.28. The Kier molecular flexibility index (Phi) is 4.77.